The Morgan fingerprint density at radius 2 is 2.00 bits per heavy atom. The molecule has 28 heavy (non-hydrogen) atoms. The number of benzene rings is 2. The number of hydrogen-bond acceptors (Lipinski definition) is 5. The van der Waals surface area contributed by atoms with Crippen molar-refractivity contribution in [2.75, 3.05) is 25.3 Å². The van der Waals surface area contributed by atoms with Gasteiger partial charge < -0.3 is 19.5 Å². The molecular formula is C22H23N3O3. The van der Waals surface area contributed by atoms with Crippen LogP contribution in [0.5, 0.6) is 17.2 Å². The summed E-state index contributed by atoms with van der Waals surface area (Å²) in [6.45, 7) is 3.82. The quantitative estimate of drug-likeness (QED) is 0.730. The normalized spacial score (nSPS) is 14.9. The molecule has 0 aliphatic carbocycles. The van der Waals surface area contributed by atoms with Crippen molar-refractivity contribution in [3.05, 3.63) is 48.0 Å². The Balaban J connectivity index is 1.67. The summed E-state index contributed by atoms with van der Waals surface area (Å²) in [6, 6.07) is 14.1. The first-order valence-corrected chi connectivity index (χ1v) is 9.83. The van der Waals surface area contributed by atoms with Gasteiger partial charge in [-0.15, -0.1) is 0 Å². The van der Waals surface area contributed by atoms with E-state index in [9.17, 15) is 0 Å². The van der Waals surface area contributed by atoms with E-state index in [1.807, 2.05) is 48.0 Å². The van der Waals surface area contributed by atoms with E-state index in [0.29, 0.717) is 6.61 Å². The van der Waals surface area contributed by atoms with Crippen molar-refractivity contribution in [3.63, 3.8) is 0 Å². The van der Waals surface area contributed by atoms with E-state index in [4.69, 9.17) is 19.3 Å². The second-order valence-corrected chi connectivity index (χ2v) is 6.94. The van der Waals surface area contributed by atoms with Crippen molar-refractivity contribution < 1.29 is 14.2 Å². The number of anilines is 1. The van der Waals surface area contributed by atoms with Crippen molar-refractivity contribution in [1.29, 1.82) is 0 Å². The Kier molecular flexibility index (Phi) is 4.31. The molecule has 5 rings (SSSR count). The van der Waals surface area contributed by atoms with Gasteiger partial charge in [0.2, 0.25) is 6.79 Å². The fourth-order valence-electron chi connectivity index (χ4n) is 3.86. The maximum Gasteiger partial charge on any atom is 0.231 e. The van der Waals surface area contributed by atoms with Crippen molar-refractivity contribution in [1.82, 2.24) is 9.78 Å². The van der Waals surface area contributed by atoms with Gasteiger partial charge in [0.15, 0.2) is 11.5 Å². The fourth-order valence-corrected chi connectivity index (χ4v) is 3.86. The molecule has 0 unspecified atom stereocenters. The lowest BCUT2D eigenvalue weighted by atomic mass is 10.0. The Morgan fingerprint density at radius 1 is 1.11 bits per heavy atom. The topological polar surface area (TPSA) is 57.5 Å². The number of nitrogens with zero attached hydrogens (tertiary/aromatic N) is 2. The van der Waals surface area contributed by atoms with Gasteiger partial charge in [-0.2, -0.15) is 5.10 Å². The summed E-state index contributed by atoms with van der Waals surface area (Å²) in [5, 5.41) is 8.61. The number of hydrogen-bond donors (Lipinski definition) is 1. The monoisotopic (exact) mass is 377 g/mol. The minimum Gasteiger partial charge on any atom is -0.492 e. The van der Waals surface area contributed by atoms with Crippen LogP contribution in [0.1, 0.15) is 25.3 Å². The van der Waals surface area contributed by atoms with Crippen LogP contribution in [0.2, 0.25) is 0 Å². The highest BCUT2D eigenvalue weighted by molar-refractivity contribution is 5.74. The third-order valence-corrected chi connectivity index (χ3v) is 5.17. The smallest absolute Gasteiger partial charge is 0.231 e. The molecule has 0 fully saturated rings. The molecule has 0 saturated carbocycles. The minimum absolute atomic E-state index is 0.272. The maximum atomic E-state index is 5.86. The number of aromatic nitrogens is 2. The molecule has 0 atom stereocenters. The van der Waals surface area contributed by atoms with E-state index in [0.717, 1.165) is 65.8 Å². The summed E-state index contributed by atoms with van der Waals surface area (Å²) >= 11 is 0. The molecule has 0 spiro atoms. The largest absolute Gasteiger partial charge is 0.492 e. The molecule has 2 aromatic carbocycles. The summed E-state index contributed by atoms with van der Waals surface area (Å²) in [6.07, 6.45) is 3.27. The van der Waals surface area contributed by atoms with Gasteiger partial charge in [-0.1, -0.05) is 12.1 Å². The fraction of sp³-hybridized carbons (Fsp3) is 0.318. The Hall–Kier alpha value is -3.15. The summed E-state index contributed by atoms with van der Waals surface area (Å²) in [5.74, 6) is 3.45. The first-order valence-electron chi connectivity index (χ1n) is 9.83. The van der Waals surface area contributed by atoms with Gasteiger partial charge >= 0.3 is 0 Å². The van der Waals surface area contributed by atoms with Crippen LogP contribution in [0.4, 0.5) is 5.82 Å². The highest BCUT2D eigenvalue weighted by Gasteiger charge is 2.24. The lowest BCUT2D eigenvalue weighted by Gasteiger charge is -2.13. The number of nitrogens with one attached hydrogen (secondary N) is 1. The first kappa shape index (κ1) is 17.0. The van der Waals surface area contributed by atoms with E-state index in [1.165, 1.54) is 5.56 Å². The van der Waals surface area contributed by atoms with Crippen LogP contribution in [0.25, 0.3) is 16.9 Å². The Labute approximate surface area is 164 Å². The predicted octanol–water partition coefficient (Wildman–Crippen LogP) is 4.41. The Bertz CT molecular complexity index is 1010. The summed E-state index contributed by atoms with van der Waals surface area (Å²) in [7, 11) is 0. The summed E-state index contributed by atoms with van der Waals surface area (Å²) in [4.78, 5) is 0. The SMILES string of the molecule is CCOc1ccccc1-n1nc(-c2ccc3c(c2)OCO3)c2c1NCCCC2. The first-order chi connectivity index (χ1) is 13.8. The zero-order valence-corrected chi connectivity index (χ0v) is 15.9. The molecule has 6 heteroatoms. The average molecular weight is 377 g/mol. The predicted molar refractivity (Wildman–Crippen MR) is 108 cm³/mol. The zero-order valence-electron chi connectivity index (χ0n) is 15.9. The van der Waals surface area contributed by atoms with Crippen LogP contribution in [0, 0.1) is 0 Å². The van der Waals surface area contributed by atoms with E-state index in [1.54, 1.807) is 0 Å². The highest BCUT2D eigenvalue weighted by atomic mass is 16.7. The molecule has 1 N–H and O–H groups in total. The van der Waals surface area contributed by atoms with Crippen LogP contribution in [0.15, 0.2) is 42.5 Å². The van der Waals surface area contributed by atoms with Crippen molar-refractivity contribution in [2.24, 2.45) is 0 Å². The van der Waals surface area contributed by atoms with E-state index < -0.39 is 0 Å². The third kappa shape index (κ3) is 2.85. The standard InChI is InChI=1S/C22H23N3O3/c1-2-26-18-9-4-3-8-17(18)25-22-16(7-5-6-12-23-22)21(24-25)15-10-11-19-20(13-15)28-14-27-19/h3-4,8-11,13,23H,2,5-7,12,14H2,1H3. The Morgan fingerprint density at radius 3 is 2.93 bits per heavy atom. The molecule has 2 aliphatic rings. The molecule has 1 aromatic heterocycles. The van der Waals surface area contributed by atoms with Gasteiger partial charge in [0.1, 0.15) is 17.3 Å². The number of fused-ring (bicyclic) bond motifs is 2. The number of rotatable bonds is 4. The zero-order chi connectivity index (χ0) is 18.9. The lowest BCUT2D eigenvalue weighted by Crippen LogP contribution is -2.08. The van der Waals surface area contributed by atoms with E-state index in [2.05, 4.69) is 11.4 Å². The lowest BCUT2D eigenvalue weighted by molar-refractivity contribution is 0.174. The molecule has 0 radical (unpaired) electrons. The molecule has 144 valence electrons. The van der Waals surface area contributed by atoms with Crippen LogP contribution in [-0.2, 0) is 6.42 Å². The van der Waals surface area contributed by atoms with E-state index in [-0.39, 0.29) is 6.79 Å². The molecule has 0 amide bonds. The molecule has 2 aliphatic heterocycles. The van der Waals surface area contributed by atoms with Crippen molar-refractivity contribution >= 4 is 5.82 Å². The van der Waals surface area contributed by atoms with Crippen molar-refractivity contribution in [3.8, 4) is 34.2 Å². The van der Waals surface area contributed by atoms with Gasteiger partial charge in [-0.25, -0.2) is 4.68 Å². The van der Waals surface area contributed by atoms with Crippen molar-refractivity contribution in [2.45, 2.75) is 26.2 Å². The maximum absolute atomic E-state index is 5.86. The molecule has 6 nitrogen and oxygen atoms in total. The van der Waals surface area contributed by atoms with Crippen LogP contribution < -0.4 is 19.5 Å². The second-order valence-electron chi connectivity index (χ2n) is 6.94. The number of ether oxygens (including phenoxy) is 3. The summed E-state index contributed by atoms with van der Waals surface area (Å²) in [5.41, 5.74) is 4.20. The van der Waals surface area contributed by atoms with Gasteiger partial charge in [0.25, 0.3) is 0 Å². The molecule has 0 saturated heterocycles. The van der Waals surface area contributed by atoms with Gasteiger partial charge in [0.05, 0.1) is 12.3 Å². The van der Waals surface area contributed by atoms with E-state index >= 15 is 0 Å². The summed E-state index contributed by atoms with van der Waals surface area (Å²) < 4.78 is 18.9. The third-order valence-electron chi connectivity index (χ3n) is 5.17. The van der Waals surface area contributed by atoms with Gasteiger partial charge in [0, 0.05) is 17.7 Å². The van der Waals surface area contributed by atoms with Crippen LogP contribution in [-0.4, -0.2) is 29.7 Å². The average Bonchev–Trinajstić information content (AvgIpc) is 3.25. The minimum atomic E-state index is 0.272. The van der Waals surface area contributed by atoms with Gasteiger partial charge in [-0.05, 0) is 56.5 Å². The van der Waals surface area contributed by atoms with Crippen LogP contribution in [0.3, 0.4) is 0 Å². The number of para-hydroxylation sites is 2. The van der Waals surface area contributed by atoms with Crippen LogP contribution >= 0.6 is 0 Å². The van der Waals surface area contributed by atoms with Gasteiger partial charge in [-0.3, -0.25) is 0 Å². The molecular weight excluding hydrogens is 354 g/mol. The molecule has 3 aromatic rings. The molecule has 3 heterocycles. The highest BCUT2D eigenvalue weighted by Crippen LogP contribution is 2.40. The second kappa shape index (κ2) is 7.11. The molecule has 0 bridgehead atoms.